The Kier molecular flexibility index (Phi) is 6.12. The molecule has 5 nitrogen and oxygen atoms in total. The SMILES string of the molecule is COC(=O)C(C)S/C(=N/c1ccc(Cl)cc1C(F)(F)F)n1ccnc1. The van der Waals surface area contributed by atoms with Crippen molar-refractivity contribution < 1.29 is 22.7 Å². The molecule has 25 heavy (non-hydrogen) atoms. The van der Waals surface area contributed by atoms with Crippen molar-refractivity contribution in [2.24, 2.45) is 4.99 Å². The summed E-state index contributed by atoms with van der Waals surface area (Å²) in [6.45, 7) is 1.56. The van der Waals surface area contributed by atoms with E-state index in [-0.39, 0.29) is 15.9 Å². The lowest BCUT2D eigenvalue weighted by Crippen LogP contribution is -2.19. The monoisotopic (exact) mass is 391 g/mol. The first kappa shape index (κ1) is 19.3. The standard InChI is InChI=1S/C15H13ClF3N3O2S/c1-9(13(23)24-2)25-14(22-6-5-20-8-22)21-12-4-3-10(16)7-11(12)15(17,18)19/h3-9H,1-2H3/b21-14+. The average molecular weight is 392 g/mol. The molecule has 0 fully saturated rings. The van der Waals surface area contributed by atoms with E-state index in [1.54, 1.807) is 6.92 Å². The lowest BCUT2D eigenvalue weighted by molar-refractivity contribution is -0.139. The topological polar surface area (TPSA) is 56.5 Å². The number of rotatable bonds is 3. The Labute approximate surface area is 150 Å². The van der Waals surface area contributed by atoms with Gasteiger partial charge in [-0.2, -0.15) is 13.2 Å². The van der Waals surface area contributed by atoms with Gasteiger partial charge in [-0.1, -0.05) is 23.4 Å². The number of carbonyl (C=O) groups is 1. The summed E-state index contributed by atoms with van der Waals surface area (Å²) in [7, 11) is 1.23. The van der Waals surface area contributed by atoms with Crippen LogP contribution in [0.2, 0.25) is 5.02 Å². The van der Waals surface area contributed by atoms with Gasteiger partial charge in [-0.05, 0) is 25.1 Å². The van der Waals surface area contributed by atoms with Crippen LogP contribution in [0.4, 0.5) is 18.9 Å². The van der Waals surface area contributed by atoms with Crippen LogP contribution in [0.1, 0.15) is 12.5 Å². The van der Waals surface area contributed by atoms with Crippen molar-refractivity contribution in [1.82, 2.24) is 9.55 Å². The molecule has 0 saturated carbocycles. The lowest BCUT2D eigenvalue weighted by atomic mass is 10.2. The summed E-state index contributed by atoms with van der Waals surface area (Å²) in [6, 6.07) is 3.29. The zero-order valence-corrected chi connectivity index (χ0v) is 14.7. The van der Waals surface area contributed by atoms with Crippen LogP contribution in [0, 0.1) is 0 Å². The van der Waals surface area contributed by atoms with E-state index in [0.717, 1.165) is 17.8 Å². The Morgan fingerprint density at radius 1 is 1.44 bits per heavy atom. The molecule has 0 amide bonds. The van der Waals surface area contributed by atoms with Gasteiger partial charge in [0.1, 0.15) is 11.6 Å². The van der Waals surface area contributed by atoms with Gasteiger partial charge in [0.25, 0.3) is 0 Å². The molecule has 0 saturated heterocycles. The fourth-order valence-electron chi connectivity index (χ4n) is 1.83. The first-order valence-electron chi connectivity index (χ1n) is 6.90. The molecule has 0 spiro atoms. The molecule has 0 bridgehead atoms. The second kappa shape index (κ2) is 7.92. The van der Waals surface area contributed by atoms with Gasteiger partial charge in [0.15, 0.2) is 5.17 Å². The van der Waals surface area contributed by atoms with Crippen LogP contribution in [0.15, 0.2) is 41.9 Å². The van der Waals surface area contributed by atoms with Crippen molar-refractivity contribution in [3.05, 3.63) is 47.5 Å². The Balaban J connectivity index is 2.50. The van der Waals surface area contributed by atoms with Gasteiger partial charge in [0.2, 0.25) is 0 Å². The molecule has 134 valence electrons. The molecule has 0 radical (unpaired) electrons. The number of hydrogen-bond donors (Lipinski definition) is 0. The summed E-state index contributed by atoms with van der Waals surface area (Å²) in [4.78, 5) is 19.6. The van der Waals surface area contributed by atoms with Crippen molar-refractivity contribution in [3.8, 4) is 0 Å². The molecule has 1 unspecified atom stereocenters. The van der Waals surface area contributed by atoms with Crippen molar-refractivity contribution in [2.45, 2.75) is 18.3 Å². The highest BCUT2D eigenvalue weighted by molar-refractivity contribution is 8.14. The molecule has 2 aromatic rings. The molecule has 0 N–H and O–H groups in total. The summed E-state index contributed by atoms with van der Waals surface area (Å²) in [5, 5.41) is -0.581. The van der Waals surface area contributed by atoms with Gasteiger partial charge in [-0.3, -0.25) is 9.36 Å². The van der Waals surface area contributed by atoms with E-state index >= 15 is 0 Å². The average Bonchev–Trinajstić information content (AvgIpc) is 3.08. The first-order chi connectivity index (χ1) is 11.7. The van der Waals surface area contributed by atoms with Gasteiger partial charge in [0.05, 0.1) is 18.4 Å². The van der Waals surface area contributed by atoms with E-state index < -0.39 is 23.0 Å². The number of ether oxygens (including phenoxy) is 1. The van der Waals surface area contributed by atoms with Crippen LogP contribution in [-0.2, 0) is 15.7 Å². The predicted octanol–water partition coefficient (Wildman–Crippen LogP) is 4.39. The van der Waals surface area contributed by atoms with Crippen molar-refractivity contribution in [3.63, 3.8) is 0 Å². The molecular weight excluding hydrogens is 379 g/mol. The highest BCUT2D eigenvalue weighted by Gasteiger charge is 2.34. The maximum atomic E-state index is 13.2. The highest BCUT2D eigenvalue weighted by atomic mass is 35.5. The van der Waals surface area contributed by atoms with E-state index in [2.05, 4.69) is 14.7 Å². The maximum absolute atomic E-state index is 13.2. The smallest absolute Gasteiger partial charge is 0.418 e. The highest BCUT2D eigenvalue weighted by Crippen LogP contribution is 2.38. The zero-order valence-electron chi connectivity index (χ0n) is 13.1. The van der Waals surface area contributed by atoms with Crippen LogP contribution >= 0.6 is 23.4 Å². The van der Waals surface area contributed by atoms with Gasteiger partial charge in [-0.25, -0.2) is 9.98 Å². The number of aliphatic imine (C=N–C) groups is 1. The summed E-state index contributed by atoms with van der Waals surface area (Å²) in [5.41, 5.74) is -1.28. The molecule has 10 heteroatoms. The quantitative estimate of drug-likeness (QED) is 0.442. The second-order valence-electron chi connectivity index (χ2n) is 4.81. The number of imidazole rings is 1. The number of thioether (sulfide) groups is 1. The number of halogens is 4. The third kappa shape index (κ3) is 4.99. The molecular formula is C15H13ClF3N3O2S. The fourth-order valence-corrected chi connectivity index (χ4v) is 2.89. The number of alkyl halides is 3. The van der Waals surface area contributed by atoms with Gasteiger partial charge in [0, 0.05) is 17.4 Å². The summed E-state index contributed by atoms with van der Waals surface area (Å²) < 4.78 is 45.8. The number of hydrogen-bond acceptors (Lipinski definition) is 5. The second-order valence-corrected chi connectivity index (χ2v) is 6.55. The van der Waals surface area contributed by atoms with Crippen LogP contribution in [0.3, 0.4) is 0 Å². The van der Waals surface area contributed by atoms with E-state index in [1.165, 1.54) is 42.5 Å². The lowest BCUT2D eigenvalue weighted by Gasteiger charge is -2.14. The molecule has 1 atom stereocenters. The minimum absolute atomic E-state index is 0.0500. The normalized spacial score (nSPS) is 13.6. The Morgan fingerprint density at radius 3 is 2.72 bits per heavy atom. The minimum Gasteiger partial charge on any atom is -0.468 e. The number of benzene rings is 1. The molecule has 0 aliphatic carbocycles. The Hall–Kier alpha value is -2.00. The van der Waals surface area contributed by atoms with Gasteiger partial charge >= 0.3 is 12.1 Å². The first-order valence-corrected chi connectivity index (χ1v) is 8.16. The van der Waals surface area contributed by atoms with E-state index in [4.69, 9.17) is 11.6 Å². The largest absolute Gasteiger partial charge is 0.468 e. The minimum atomic E-state index is -4.62. The summed E-state index contributed by atoms with van der Waals surface area (Å²) in [5.74, 6) is -0.523. The fraction of sp³-hybridized carbons (Fsp3) is 0.267. The summed E-state index contributed by atoms with van der Waals surface area (Å²) in [6.07, 6.45) is -0.286. The Morgan fingerprint density at radius 2 is 2.16 bits per heavy atom. The van der Waals surface area contributed by atoms with Crippen molar-refractivity contribution in [1.29, 1.82) is 0 Å². The number of nitrogens with zero attached hydrogens (tertiary/aromatic N) is 3. The Bertz CT molecular complexity index is 779. The van der Waals surface area contributed by atoms with E-state index in [1.807, 2.05) is 0 Å². The molecule has 1 aromatic carbocycles. The number of carbonyl (C=O) groups excluding carboxylic acids is 1. The number of esters is 1. The van der Waals surface area contributed by atoms with E-state index in [0.29, 0.717) is 0 Å². The van der Waals surface area contributed by atoms with Gasteiger partial charge in [-0.15, -0.1) is 0 Å². The molecule has 0 aliphatic heterocycles. The van der Waals surface area contributed by atoms with Crippen LogP contribution < -0.4 is 0 Å². The molecule has 0 aliphatic rings. The molecule has 1 aromatic heterocycles. The number of aromatic nitrogens is 2. The zero-order chi connectivity index (χ0) is 18.6. The number of methoxy groups -OCH3 is 1. The van der Waals surface area contributed by atoms with Crippen LogP contribution in [0.25, 0.3) is 0 Å². The molecule has 2 rings (SSSR count). The van der Waals surface area contributed by atoms with Crippen LogP contribution in [-0.4, -0.2) is 33.0 Å². The van der Waals surface area contributed by atoms with Crippen molar-refractivity contribution >= 4 is 40.2 Å². The van der Waals surface area contributed by atoms with Crippen LogP contribution in [0.5, 0.6) is 0 Å². The molecule has 1 heterocycles. The summed E-state index contributed by atoms with van der Waals surface area (Å²) >= 11 is 6.63. The van der Waals surface area contributed by atoms with E-state index in [9.17, 15) is 18.0 Å². The van der Waals surface area contributed by atoms with Crippen molar-refractivity contribution in [2.75, 3.05) is 7.11 Å². The maximum Gasteiger partial charge on any atom is 0.418 e. The predicted molar refractivity (Wildman–Crippen MR) is 90.2 cm³/mol. The third-order valence-corrected chi connectivity index (χ3v) is 4.31. The third-order valence-electron chi connectivity index (χ3n) is 3.02. The van der Waals surface area contributed by atoms with Gasteiger partial charge < -0.3 is 4.74 Å².